The van der Waals surface area contributed by atoms with Gasteiger partial charge in [0.1, 0.15) is 0 Å². The van der Waals surface area contributed by atoms with Gasteiger partial charge in [-0.3, -0.25) is 4.79 Å². The fraction of sp³-hybridized carbons (Fsp3) is 0.467. The number of carbonyl (C=O) groups excluding carboxylic acids is 1. The molecule has 2 aromatic rings. The highest BCUT2D eigenvalue weighted by atomic mass is 32.2. The summed E-state index contributed by atoms with van der Waals surface area (Å²) in [5, 5.41) is 0.291. The number of aromatic nitrogens is 4. The number of anilines is 2. The molecule has 1 fully saturated rings. The summed E-state index contributed by atoms with van der Waals surface area (Å²) >= 11 is 1.13. The number of aryl methyl sites for hydroxylation is 1. The van der Waals surface area contributed by atoms with E-state index in [1.807, 2.05) is 18.4 Å². The average Bonchev–Trinajstić information content (AvgIpc) is 3.03. The predicted molar refractivity (Wildman–Crippen MR) is 99.9 cm³/mol. The van der Waals surface area contributed by atoms with E-state index in [0.29, 0.717) is 17.1 Å². The smallest absolute Gasteiger partial charge is 0.225 e. The second-order valence-corrected chi connectivity index (χ2v) is 9.43. The molecular weight excluding hydrogens is 376 g/mol. The molecule has 2 aromatic heterocycles. The number of carbonyl (C=O) groups is 1. The fourth-order valence-electron chi connectivity index (χ4n) is 3.26. The number of hydrogen-bond acceptors (Lipinski definition) is 9. The van der Waals surface area contributed by atoms with Gasteiger partial charge in [0.15, 0.2) is 20.8 Å². The molecule has 3 heterocycles. The molecule has 1 saturated heterocycles. The highest BCUT2D eigenvalue weighted by Gasteiger charge is 2.31. The average molecular weight is 396 g/mol. The minimum atomic E-state index is -3.00. The number of nitrogens with two attached hydrogens (primary N) is 2. The maximum Gasteiger partial charge on any atom is 0.225 e. The van der Waals surface area contributed by atoms with Gasteiger partial charge in [-0.05, 0) is 26.3 Å². The van der Waals surface area contributed by atoms with Crippen LogP contribution in [0.4, 0.5) is 11.9 Å². The Hall–Kier alpha value is -2.14. The van der Waals surface area contributed by atoms with Crippen molar-refractivity contribution in [2.45, 2.75) is 31.5 Å². The third kappa shape index (κ3) is 3.83. The minimum absolute atomic E-state index is 0.00747. The normalized spacial score (nSPS) is 18.9. The van der Waals surface area contributed by atoms with Crippen LogP contribution in [0.5, 0.6) is 0 Å². The van der Waals surface area contributed by atoms with Crippen LogP contribution < -0.4 is 11.5 Å². The first-order valence-corrected chi connectivity index (χ1v) is 10.8. The molecule has 4 N–H and O–H groups in total. The third-order valence-corrected chi connectivity index (χ3v) is 6.94. The van der Waals surface area contributed by atoms with Gasteiger partial charge in [-0.1, -0.05) is 11.8 Å². The van der Waals surface area contributed by atoms with Crippen LogP contribution in [0, 0.1) is 13.8 Å². The fourth-order valence-corrected chi connectivity index (χ4v) is 5.69. The molecule has 1 aliphatic heterocycles. The number of sulfone groups is 1. The maximum absolute atomic E-state index is 12.6. The summed E-state index contributed by atoms with van der Waals surface area (Å²) in [6, 6.07) is 1.69. The van der Waals surface area contributed by atoms with Crippen LogP contribution in [0.15, 0.2) is 11.2 Å². The number of hydrogen-bond donors (Lipinski definition) is 2. The lowest BCUT2D eigenvalue weighted by Gasteiger charge is -2.16. The van der Waals surface area contributed by atoms with Crippen LogP contribution in [-0.4, -0.2) is 51.0 Å². The Kier molecular flexibility index (Phi) is 4.93. The van der Waals surface area contributed by atoms with Crippen molar-refractivity contribution in [3.05, 3.63) is 23.0 Å². The lowest BCUT2D eigenvalue weighted by molar-refractivity contribution is 0.102. The number of Topliss-reactive ketones (excluding diaryl/α,β-unsaturated/α-hetero) is 1. The van der Waals surface area contributed by atoms with Gasteiger partial charge in [0.25, 0.3) is 0 Å². The minimum Gasteiger partial charge on any atom is -0.368 e. The number of rotatable bonds is 5. The number of nitrogen functional groups attached to an aromatic ring is 2. The van der Waals surface area contributed by atoms with E-state index in [1.54, 1.807) is 6.07 Å². The molecule has 1 unspecified atom stereocenters. The van der Waals surface area contributed by atoms with Crippen LogP contribution in [0.1, 0.15) is 34.2 Å². The van der Waals surface area contributed by atoms with Crippen molar-refractivity contribution in [1.82, 2.24) is 19.5 Å². The SMILES string of the molecule is Cc1cc(C(=O)CSc2nc(N)nc(N)n2)c(C)n1C1CCS(=O)(=O)C1. The van der Waals surface area contributed by atoms with E-state index in [-0.39, 0.29) is 41.0 Å². The van der Waals surface area contributed by atoms with E-state index in [2.05, 4.69) is 15.0 Å². The topological polar surface area (TPSA) is 147 Å². The first-order chi connectivity index (χ1) is 12.2. The highest BCUT2D eigenvalue weighted by molar-refractivity contribution is 7.99. The lowest BCUT2D eigenvalue weighted by atomic mass is 10.2. The second kappa shape index (κ2) is 6.88. The summed E-state index contributed by atoms with van der Waals surface area (Å²) in [4.78, 5) is 24.2. The van der Waals surface area contributed by atoms with Crippen molar-refractivity contribution >= 4 is 39.3 Å². The van der Waals surface area contributed by atoms with Crippen molar-refractivity contribution in [3.63, 3.8) is 0 Å². The van der Waals surface area contributed by atoms with Gasteiger partial charge in [0.05, 0.1) is 17.3 Å². The number of nitrogens with zero attached hydrogens (tertiary/aromatic N) is 4. The molecule has 1 aliphatic rings. The molecule has 0 spiro atoms. The molecule has 0 saturated carbocycles. The van der Waals surface area contributed by atoms with Gasteiger partial charge in [0.2, 0.25) is 11.9 Å². The van der Waals surface area contributed by atoms with Crippen LogP contribution in [0.3, 0.4) is 0 Å². The molecule has 1 atom stereocenters. The molecule has 9 nitrogen and oxygen atoms in total. The first-order valence-electron chi connectivity index (χ1n) is 7.98. The Balaban J connectivity index is 1.77. The summed E-state index contributed by atoms with van der Waals surface area (Å²) in [6.45, 7) is 3.73. The zero-order chi connectivity index (χ0) is 19.1. The van der Waals surface area contributed by atoms with Crippen LogP contribution in [0.25, 0.3) is 0 Å². The van der Waals surface area contributed by atoms with Crippen LogP contribution in [0.2, 0.25) is 0 Å². The molecule has 0 aliphatic carbocycles. The van der Waals surface area contributed by atoms with Gasteiger partial charge in [-0.2, -0.15) is 15.0 Å². The Morgan fingerprint density at radius 2 is 1.92 bits per heavy atom. The van der Waals surface area contributed by atoms with Crippen LogP contribution in [-0.2, 0) is 9.84 Å². The Labute approximate surface area is 155 Å². The van der Waals surface area contributed by atoms with E-state index >= 15 is 0 Å². The van der Waals surface area contributed by atoms with Crippen molar-refractivity contribution in [2.75, 3.05) is 28.7 Å². The first kappa shape index (κ1) is 18.6. The summed E-state index contributed by atoms with van der Waals surface area (Å²) in [5.74, 6) is 0.357. The number of ketones is 1. The molecular formula is C15H20N6O3S2. The largest absolute Gasteiger partial charge is 0.368 e. The highest BCUT2D eigenvalue weighted by Crippen LogP contribution is 2.30. The van der Waals surface area contributed by atoms with Gasteiger partial charge >= 0.3 is 0 Å². The van der Waals surface area contributed by atoms with Crippen molar-refractivity contribution in [1.29, 1.82) is 0 Å². The third-order valence-electron chi connectivity index (χ3n) is 4.34. The number of thioether (sulfide) groups is 1. The Bertz CT molecular complexity index is 950. The van der Waals surface area contributed by atoms with Crippen LogP contribution >= 0.6 is 11.8 Å². The van der Waals surface area contributed by atoms with E-state index in [9.17, 15) is 13.2 Å². The molecule has 0 aromatic carbocycles. The second-order valence-electron chi connectivity index (χ2n) is 6.26. The molecule has 140 valence electrons. The quantitative estimate of drug-likeness (QED) is 0.553. The molecule has 0 amide bonds. The molecule has 11 heteroatoms. The van der Waals surface area contributed by atoms with E-state index in [0.717, 1.165) is 23.1 Å². The van der Waals surface area contributed by atoms with Gasteiger partial charge in [0, 0.05) is 23.0 Å². The van der Waals surface area contributed by atoms with Gasteiger partial charge in [-0.25, -0.2) is 8.42 Å². The molecule has 3 rings (SSSR count). The Morgan fingerprint density at radius 3 is 2.50 bits per heavy atom. The summed E-state index contributed by atoms with van der Waals surface area (Å²) in [6.07, 6.45) is 0.574. The van der Waals surface area contributed by atoms with Crippen molar-refractivity contribution in [3.8, 4) is 0 Å². The Morgan fingerprint density at radius 1 is 1.27 bits per heavy atom. The van der Waals surface area contributed by atoms with Gasteiger partial charge in [-0.15, -0.1) is 0 Å². The van der Waals surface area contributed by atoms with Crippen molar-refractivity contribution in [2.24, 2.45) is 0 Å². The zero-order valence-corrected chi connectivity index (χ0v) is 16.1. The van der Waals surface area contributed by atoms with E-state index < -0.39 is 9.84 Å². The van der Waals surface area contributed by atoms with E-state index in [4.69, 9.17) is 11.5 Å². The molecule has 0 bridgehead atoms. The van der Waals surface area contributed by atoms with E-state index in [1.165, 1.54) is 0 Å². The summed E-state index contributed by atoms with van der Waals surface area (Å²) in [7, 11) is -3.00. The maximum atomic E-state index is 12.6. The molecule has 26 heavy (non-hydrogen) atoms. The van der Waals surface area contributed by atoms with Gasteiger partial charge < -0.3 is 16.0 Å². The monoisotopic (exact) mass is 396 g/mol. The predicted octanol–water partition coefficient (Wildman–Crippen LogP) is 0.789. The zero-order valence-electron chi connectivity index (χ0n) is 14.5. The van der Waals surface area contributed by atoms with Crippen molar-refractivity contribution < 1.29 is 13.2 Å². The molecule has 0 radical (unpaired) electrons. The summed E-state index contributed by atoms with van der Waals surface area (Å²) < 4.78 is 25.5. The lowest BCUT2D eigenvalue weighted by Crippen LogP contribution is -2.14. The summed E-state index contributed by atoms with van der Waals surface area (Å²) in [5.41, 5.74) is 13.3. The standard InChI is InChI=1S/C15H20N6O3S2/c1-8-5-11(9(2)21(8)10-3-4-26(23,24)7-10)12(22)6-25-15-19-13(16)18-14(17)20-15/h5,10H,3-4,6-7H2,1-2H3,(H4,16,17,18,19,20).